The van der Waals surface area contributed by atoms with Crippen molar-refractivity contribution in [2.75, 3.05) is 0 Å². The molecule has 0 spiro atoms. The van der Waals surface area contributed by atoms with Crippen LogP contribution < -0.4 is 0 Å². The minimum Gasteiger partial charge on any atom is -0.0616 e. The maximum Gasteiger partial charge on any atom is -0.00264 e. The van der Waals surface area contributed by atoms with Crippen molar-refractivity contribution < 1.29 is 0 Å². The number of benzene rings is 12. The van der Waals surface area contributed by atoms with E-state index in [-0.39, 0.29) is 0 Å². The molecule has 0 aromatic heterocycles. The largest absolute Gasteiger partial charge is 0.0616 e. The summed E-state index contributed by atoms with van der Waals surface area (Å²) in [5.41, 5.74) is 15.7. The Bertz CT molecular complexity index is 3570. The second kappa shape index (κ2) is 11.1. The van der Waals surface area contributed by atoms with Gasteiger partial charge in [-0.3, -0.25) is 0 Å². The zero-order valence-electron chi connectivity index (χ0n) is 31.5. The van der Waals surface area contributed by atoms with E-state index in [0.717, 1.165) is 0 Å². The lowest BCUT2D eigenvalue weighted by atomic mass is 9.83. The van der Waals surface area contributed by atoms with Crippen LogP contribution in [0.15, 0.2) is 194 Å². The molecule has 0 unspecified atom stereocenters. The van der Waals surface area contributed by atoms with Crippen molar-refractivity contribution >= 4 is 75.4 Å². The maximum absolute atomic E-state index is 2.53. The third-order valence-electron chi connectivity index (χ3n) is 13.5. The molecule has 12 aromatic rings. The molecular formula is C58H32. The fourth-order valence-electron chi connectivity index (χ4n) is 11.0. The Balaban J connectivity index is 1.20. The topological polar surface area (TPSA) is 0 Å². The third kappa shape index (κ3) is 3.94. The summed E-state index contributed by atoms with van der Waals surface area (Å²) >= 11 is 0. The monoisotopic (exact) mass is 728 g/mol. The lowest BCUT2D eigenvalue weighted by Crippen LogP contribution is -1.92. The van der Waals surface area contributed by atoms with Gasteiger partial charge in [0.1, 0.15) is 0 Å². The van der Waals surface area contributed by atoms with Gasteiger partial charge in [-0.25, -0.2) is 0 Å². The van der Waals surface area contributed by atoms with Crippen LogP contribution in [-0.4, -0.2) is 0 Å². The van der Waals surface area contributed by atoms with Crippen LogP contribution in [-0.2, 0) is 0 Å². The molecule has 0 radical (unpaired) electrons. The van der Waals surface area contributed by atoms with Gasteiger partial charge in [-0.2, -0.15) is 0 Å². The molecule has 0 aliphatic heterocycles. The Kier molecular flexibility index (Phi) is 5.85. The SMILES string of the molecule is c1ccc2c(-c3cc4c5cc6c(cc5c(-c5cccc7ccccc57)cc4c4cc5c(cc34)-c3cccc4cccc-5c34)-c3cccc4cccc-6c34)cccc2c1. The van der Waals surface area contributed by atoms with Gasteiger partial charge in [-0.1, -0.05) is 158 Å². The van der Waals surface area contributed by atoms with Crippen molar-refractivity contribution in [2.45, 2.75) is 0 Å². The van der Waals surface area contributed by atoms with Crippen LogP contribution >= 0.6 is 0 Å². The standard InChI is InChI=1S/C58H32/c1-3-19-37-33(11-1)13-5-21-39(37)45-27-53-54(55-31-49-43-25-9-17-35-15-7-23-41(57(35)43)47(49)29-51(45)55)28-46(40-22-6-14-34-12-2-4-20-38(34)40)52-30-48-42-24-8-16-36-18-10-26-44(58(36)42)50(48)32-56(52)53/h1-32H. The molecule has 0 nitrogen and oxygen atoms in total. The molecule has 0 N–H and O–H groups in total. The molecule has 264 valence electrons. The molecule has 0 bridgehead atoms. The van der Waals surface area contributed by atoms with Crippen LogP contribution in [0.25, 0.3) is 142 Å². The molecule has 0 atom stereocenters. The molecule has 12 aromatic carbocycles. The van der Waals surface area contributed by atoms with E-state index < -0.39 is 0 Å². The fourth-order valence-corrected chi connectivity index (χ4v) is 11.0. The highest BCUT2D eigenvalue weighted by Crippen LogP contribution is 2.54. The minimum atomic E-state index is 1.26. The lowest BCUT2D eigenvalue weighted by Gasteiger charge is -2.20. The summed E-state index contributed by atoms with van der Waals surface area (Å²) in [4.78, 5) is 0. The summed E-state index contributed by atoms with van der Waals surface area (Å²) in [6, 6.07) is 73.6. The van der Waals surface area contributed by atoms with E-state index in [1.165, 1.54) is 142 Å². The summed E-state index contributed by atoms with van der Waals surface area (Å²) in [7, 11) is 0. The van der Waals surface area contributed by atoms with E-state index in [4.69, 9.17) is 0 Å². The molecule has 0 fully saturated rings. The van der Waals surface area contributed by atoms with Gasteiger partial charge in [-0.15, -0.1) is 0 Å². The summed E-state index contributed by atoms with van der Waals surface area (Å²) in [6.45, 7) is 0. The normalized spacial score (nSPS) is 12.5. The Labute approximate surface area is 334 Å². The van der Waals surface area contributed by atoms with E-state index in [1.54, 1.807) is 0 Å². The van der Waals surface area contributed by atoms with E-state index in [2.05, 4.69) is 194 Å². The highest BCUT2D eigenvalue weighted by Gasteiger charge is 2.27. The highest BCUT2D eigenvalue weighted by molar-refractivity contribution is 6.30. The van der Waals surface area contributed by atoms with Gasteiger partial charge in [0.15, 0.2) is 0 Å². The molecule has 0 saturated heterocycles. The van der Waals surface area contributed by atoms with Crippen LogP contribution in [0.1, 0.15) is 0 Å². The lowest BCUT2D eigenvalue weighted by molar-refractivity contribution is 1.69. The molecular weight excluding hydrogens is 697 g/mol. The molecule has 0 heteroatoms. The predicted molar refractivity (Wildman–Crippen MR) is 249 cm³/mol. The summed E-state index contributed by atoms with van der Waals surface area (Å²) in [5, 5.41) is 18.1. The van der Waals surface area contributed by atoms with Crippen LogP contribution in [0.3, 0.4) is 0 Å². The number of fused-ring (bicyclic) bond motifs is 13. The fraction of sp³-hybridized carbons (Fsp3) is 0. The molecule has 58 heavy (non-hydrogen) atoms. The van der Waals surface area contributed by atoms with Gasteiger partial charge in [0.05, 0.1) is 0 Å². The third-order valence-corrected chi connectivity index (χ3v) is 13.5. The molecule has 2 aliphatic rings. The van der Waals surface area contributed by atoms with Crippen molar-refractivity contribution in [3.05, 3.63) is 194 Å². The van der Waals surface area contributed by atoms with Crippen molar-refractivity contribution in [3.8, 4) is 66.8 Å². The van der Waals surface area contributed by atoms with Gasteiger partial charge in [-0.05, 0) is 179 Å². The van der Waals surface area contributed by atoms with Crippen molar-refractivity contribution in [1.29, 1.82) is 0 Å². The summed E-state index contributed by atoms with van der Waals surface area (Å²) < 4.78 is 0. The quantitative estimate of drug-likeness (QED) is 0.156. The molecule has 2 aliphatic carbocycles. The molecule has 0 saturated carbocycles. The molecule has 0 amide bonds. The zero-order valence-corrected chi connectivity index (χ0v) is 31.5. The summed E-state index contributed by atoms with van der Waals surface area (Å²) in [5.74, 6) is 0. The van der Waals surface area contributed by atoms with Gasteiger partial charge in [0.2, 0.25) is 0 Å². The average Bonchev–Trinajstić information content (AvgIpc) is 3.77. The van der Waals surface area contributed by atoms with Crippen LogP contribution in [0.2, 0.25) is 0 Å². The van der Waals surface area contributed by atoms with Gasteiger partial charge < -0.3 is 0 Å². The van der Waals surface area contributed by atoms with Crippen molar-refractivity contribution in [3.63, 3.8) is 0 Å². The van der Waals surface area contributed by atoms with Crippen molar-refractivity contribution in [1.82, 2.24) is 0 Å². The van der Waals surface area contributed by atoms with Crippen LogP contribution in [0, 0.1) is 0 Å². The Morgan fingerprint density at radius 1 is 0.155 bits per heavy atom. The van der Waals surface area contributed by atoms with Gasteiger partial charge in [0.25, 0.3) is 0 Å². The van der Waals surface area contributed by atoms with E-state index in [1.807, 2.05) is 0 Å². The van der Waals surface area contributed by atoms with Crippen LogP contribution in [0.5, 0.6) is 0 Å². The van der Waals surface area contributed by atoms with Gasteiger partial charge in [0, 0.05) is 0 Å². The smallest absolute Gasteiger partial charge is 0.00264 e. The predicted octanol–water partition coefficient (Wildman–Crippen LogP) is 16.4. The first-order chi connectivity index (χ1) is 28.8. The Morgan fingerprint density at radius 3 is 0.828 bits per heavy atom. The second-order valence-corrected chi connectivity index (χ2v) is 16.3. The molecule has 0 heterocycles. The highest BCUT2D eigenvalue weighted by atomic mass is 14.3. The van der Waals surface area contributed by atoms with Crippen LogP contribution in [0.4, 0.5) is 0 Å². The Morgan fingerprint density at radius 2 is 0.431 bits per heavy atom. The van der Waals surface area contributed by atoms with Crippen molar-refractivity contribution in [2.24, 2.45) is 0 Å². The minimum absolute atomic E-state index is 1.26. The second-order valence-electron chi connectivity index (χ2n) is 16.3. The van der Waals surface area contributed by atoms with E-state index >= 15 is 0 Å². The number of rotatable bonds is 2. The Hall–Kier alpha value is -7.54. The zero-order chi connectivity index (χ0) is 37.6. The summed E-state index contributed by atoms with van der Waals surface area (Å²) in [6.07, 6.45) is 0. The van der Waals surface area contributed by atoms with Gasteiger partial charge >= 0.3 is 0 Å². The molecule has 14 rings (SSSR count). The number of hydrogen-bond donors (Lipinski definition) is 0. The first-order valence-electron chi connectivity index (χ1n) is 20.3. The van der Waals surface area contributed by atoms with E-state index in [0.29, 0.717) is 0 Å². The number of hydrogen-bond acceptors (Lipinski definition) is 0. The first kappa shape index (κ1) is 30.7. The maximum atomic E-state index is 2.53. The first-order valence-corrected chi connectivity index (χ1v) is 20.3. The average molecular weight is 729 g/mol. The van der Waals surface area contributed by atoms with E-state index in [9.17, 15) is 0 Å².